The lowest BCUT2D eigenvalue weighted by Crippen LogP contribution is -2.07. The number of aryl methyl sites for hydroxylation is 8. The van der Waals surface area contributed by atoms with Crippen LogP contribution in [0.4, 0.5) is 0 Å². The summed E-state index contributed by atoms with van der Waals surface area (Å²) in [4.78, 5) is 31.2. The maximum absolute atomic E-state index is 4.60. The van der Waals surface area contributed by atoms with Gasteiger partial charge in [-0.3, -0.25) is 9.97 Å². The zero-order valence-corrected chi connectivity index (χ0v) is 36.0. The first-order chi connectivity index (χ1) is 24.7. The van der Waals surface area contributed by atoms with E-state index >= 15 is 0 Å². The van der Waals surface area contributed by atoms with Crippen molar-refractivity contribution in [3.8, 4) is 0 Å². The molecule has 0 aromatic carbocycles. The van der Waals surface area contributed by atoms with Crippen LogP contribution in [0.3, 0.4) is 0 Å². The Morgan fingerprint density at radius 2 is 0.750 bits per heavy atom. The van der Waals surface area contributed by atoms with E-state index in [2.05, 4.69) is 176 Å². The highest BCUT2D eigenvalue weighted by molar-refractivity contribution is 5.25. The first-order valence-electron chi connectivity index (χ1n) is 20.3. The van der Waals surface area contributed by atoms with Crippen molar-refractivity contribution in [2.45, 2.75) is 186 Å². The Bertz CT molecular complexity index is 1260. The topological polar surface area (TPSA) is 90.2 Å². The van der Waals surface area contributed by atoms with Crippen molar-refractivity contribution in [1.29, 1.82) is 0 Å². The zero-order valence-electron chi connectivity index (χ0n) is 36.0. The van der Waals surface area contributed by atoms with Crippen LogP contribution in [0.25, 0.3) is 0 Å². The van der Waals surface area contributed by atoms with E-state index in [0.29, 0.717) is 23.7 Å². The lowest BCUT2D eigenvalue weighted by atomic mass is 10.0. The molecule has 4 aromatic rings. The maximum atomic E-state index is 4.60. The molecule has 0 N–H and O–H groups in total. The Hall–Kier alpha value is -3.61. The Kier molecular flexibility index (Phi) is 22.0. The summed E-state index contributed by atoms with van der Waals surface area (Å²) in [6, 6.07) is 11.0. The number of hydrogen-bond acceptors (Lipinski definition) is 7. The van der Waals surface area contributed by atoms with E-state index in [-0.39, 0.29) is 0 Å². The van der Waals surface area contributed by atoms with Gasteiger partial charge in [0.1, 0.15) is 23.3 Å². The van der Waals surface area contributed by atoms with E-state index in [0.717, 1.165) is 86.1 Å². The van der Waals surface area contributed by atoms with Crippen LogP contribution in [-0.2, 0) is 51.4 Å². The van der Waals surface area contributed by atoms with Crippen LogP contribution in [0.5, 0.6) is 0 Å². The van der Waals surface area contributed by atoms with Gasteiger partial charge in [0.05, 0.1) is 0 Å². The Morgan fingerprint density at radius 1 is 0.346 bits per heavy atom. The monoisotopic (exact) mass is 712 g/mol. The molecule has 0 radical (unpaired) electrons. The summed E-state index contributed by atoms with van der Waals surface area (Å²) < 4.78 is 0. The third-order valence-electron chi connectivity index (χ3n) is 8.65. The second-order valence-electron chi connectivity index (χ2n) is 14.5. The average molecular weight is 712 g/mol. The predicted molar refractivity (Wildman–Crippen MR) is 222 cm³/mol. The highest BCUT2D eigenvalue weighted by Gasteiger charge is 2.08. The van der Waals surface area contributed by atoms with Crippen LogP contribution in [-0.4, -0.2) is 34.9 Å². The quantitative estimate of drug-likeness (QED) is 0.144. The van der Waals surface area contributed by atoms with Crippen molar-refractivity contribution >= 4 is 0 Å². The molecular formula is C45H73N7. The molecule has 0 aliphatic carbocycles. The van der Waals surface area contributed by atoms with E-state index in [9.17, 15) is 0 Å². The molecular weight excluding hydrogens is 639 g/mol. The van der Waals surface area contributed by atoms with E-state index in [1.165, 1.54) is 33.9 Å². The Balaban J connectivity index is 0.000000347. The van der Waals surface area contributed by atoms with Gasteiger partial charge in [-0.1, -0.05) is 111 Å². The van der Waals surface area contributed by atoms with Gasteiger partial charge in [-0.2, -0.15) is 0 Å². The molecule has 0 amide bonds. The molecule has 7 heteroatoms. The number of aromatic nitrogens is 7. The summed E-state index contributed by atoms with van der Waals surface area (Å²) in [6.45, 7) is 34.4. The van der Waals surface area contributed by atoms with E-state index in [1.807, 2.05) is 0 Å². The van der Waals surface area contributed by atoms with Crippen molar-refractivity contribution in [1.82, 2.24) is 34.9 Å². The first kappa shape index (κ1) is 46.4. The van der Waals surface area contributed by atoms with Gasteiger partial charge in [-0.15, -0.1) is 0 Å². The molecule has 4 aromatic heterocycles. The van der Waals surface area contributed by atoms with Gasteiger partial charge in [-0.05, 0) is 91.8 Å². The number of rotatable bonds is 12. The van der Waals surface area contributed by atoms with Crippen LogP contribution in [0, 0.1) is 0 Å². The fraction of sp³-hybridized carbons (Fsp3) is 0.622. The second kappa shape index (κ2) is 24.6. The van der Waals surface area contributed by atoms with Gasteiger partial charge in [-0.25, -0.2) is 24.9 Å². The minimum atomic E-state index is 0.388. The largest absolute Gasteiger partial charge is 0.258 e. The molecule has 0 aliphatic heterocycles. The van der Waals surface area contributed by atoms with Crippen LogP contribution in [0.2, 0.25) is 0 Å². The van der Waals surface area contributed by atoms with Gasteiger partial charge >= 0.3 is 0 Å². The Labute approximate surface area is 318 Å². The highest BCUT2D eigenvalue weighted by atomic mass is 15.0. The normalized spacial score (nSPS) is 10.8. The lowest BCUT2D eigenvalue weighted by molar-refractivity contribution is 0.706. The standard InChI is InChI=1S/2C12H19N.C11H18N2.C10H17N3/c1-5-11-7-10(9(3)4)8-12(6-2)13-11;1-5-10-7-11(6-2)13-12(8-10)9(3)4;1-5-9-7-10(6-2)13-11(12-9)8(3)4;1-5-8-11-9(6-2)13-10(12-8)7(3)4/h2*7-9H,5-6H2,1-4H3;7-8H,5-6H2,1-4H3;7H,5-6H2,1-4H3. The molecule has 0 spiro atoms. The molecule has 288 valence electrons. The smallest absolute Gasteiger partial charge is 0.135 e. The zero-order chi connectivity index (χ0) is 39.4. The molecule has 0 saturated heterocycles. The summed E-state index contributed by atoms with van der Waals surface area (Å²) in [5, 5.41) is 0. The van der Waals surface area contributed by atoms with Gasteiger partial charge in [0, 0.05) is 58.8 Å². The molecule has 0 aliphatic rings. The maximum Gasteiger partial charge on any atom is 0.135 e. The second-order valence-corrected chi connectivity index (χ2v) is 14.5. The molecule has 0 saturated carbocycles. The molecule has 0 fully saturated rings. The van der Waals surface area contributed by atoms with E-state index in [1.54, 1.807) is 0 Å². The number of nitrogens with zero attached hydrogens (tertiary/aromatic N) is 7. The van der Waals surface area contributed by atoms with Crippen LogP contribution in [0.1, 0.15) is 203 Å². The van der Waals surface area contributed by atoms with E-state index < -0.39 is 0 Å². The van der Waals surface area contributed by atoms with Crippen LogP contribution in [0.15, 0.2) is 30.3 Å². The van der Waals surface area contributed by atoms with Crippen molar-refractivity contribution in [2.75, 3.05) is 0 Å². The molecule has 0 atom stereocenters. The summed E-state index contributed by atoms with van der Waals surface area (Å²) in [7, 11) is 0. The fourth-order valence-corrected chi connectivity index (χ4v) is 4.99. The molecule has 4 heterocycles. The highest BCUT2D eigenvalue weighted by Crippen LogP contribution is 2.18. The van der Waals surface area contributed by atoms with Crippen molar-refractivity contribution in [2.24, 2.45) is 0 Å². The molecule has 52 heavy (non-hydrogen) atoms. The summed E-state index contributed by atoms with van der Waals surface area (Å²) in [6.07, 6.45) is 7.97. The Morgan fingerprint density at radius 3 is 1.10 bits per heavy atom. The van der Waals surface area contributed by atoms with Gasteiger partial charge in [0.2, 0.25) is 0 Å². The van der Waals surface area contributed by atoms with Crippen molar-refractivity contribution in [3.63, 3.8) is 0 Å². The van der Waals surface area contributed by atoms with Crippen molar-refractivity contribution in [3.05, 3.63) is 98.9 Å². The summed E-state index contributed by atoms with van der Waals surface area (Å²) >= 11 is 0. The molecule has 0 unspecified atom stereocenters. The van der Waals surface area contributed by atoms with Crippen LogP contribution >= 0.6 is 0 Å². The van der Waals surface area contributed by atoms with Gasteiger partial charge in [0.15, 0.2) is 0 Å². The average Bonchev–Trinajstić information content (AvgIpc) is 3.17. The SMILES string of the molecule is CCc1cc(C(C)C)cc(CC)n1.CCc1cc(CC)nc(C(C)C)c1.CCc1cc(CC)nc(C(C)C)n1.CCc1nc(CC)nc(C(C)C)n1. The number of pyridine rings is 2. The van der Waals surface area contributed by atoms with Crippen LogP contribution < -0.4 is 0 Å². The predicted octanol–water partition coefficient (Wildman–Crippen LogP) is 11.5. The van der Waals surface area contributed by atoms with Gasteiger partial charge < -0.3 is 0 Å². The number of hydrogen-bond donors (Lipinski definition) is 0. The molecule has 7 nitrogen and oxygen atoms in total. The summed E-state index contributed by atoms with van der Waals surface area (Å²) in [5.41, 5.74) is 10.1. The fourth-order valence-electron chi connectivity index (χ4n) is 4.99. The van der Waals surface area contributed by atoms with Gasteiger partial charge in [0.25, 0.3) is 0 Å². The minimum Gasteiger partial charge on any atom is -0.258 e. The van der Waals surface area contributed by atoms with E-state index in [4.69, 9.17) is 0 Å². The molecule has 4 rings (SSSR count). The minimum absolute atomic E-state index is 0.388. The first-order valence-corrected chi connectivity index (χ1v) is 20.3. The molecule has 0 bridgehead atoms. The third kappa shape index (κ3) is 16.4. The lowest BCUT2D eigenvalue weighted by Gasteiger charge is -2.09. The van der Waals surface area contributed by atoms with Crippen molar-refractivity contribution < 1.29 is 0 Å². The summed E-state index contributed by atoms with van der Waals surface area (Å²) in [5.74, 6) is 5.69. The third-order valence-corrected chi connectivity index (χ3v) is 8.65.